The number of hydrogen-bond acceptors (Lipinski definition) is 3. The topological polar surface area (TPSA) is 41.5 Å². The van der Waals surface area contributed by atoms with E-state index >= 15 is 0 Å². The summed E-state index contributed by atoms with van der Waals surface area (Å²) in [5.41, 5.74) is 1.94. The second kappa shape index (κ2) is 8.88. The first-order valence-electron chi connectivity index (χ1n) is 3.86. The van der Waals surface area contributed by atoms with E-state index in [-0.39, 0.29) is 6.73 Å². The minimum absolute atomic E-state index is 0.242. The smallest absolute Gasteiger partial charge is 0.119 e. The highest BCUT2D eigenvalue weighted by molar-refractivity contribution is 4.37. The van der Waals surface area contributed by atoms with Gasteiger partial charge in [-0.1, -0.05) is 26.2 Å². The zero-order valence-corrected chi connectivity index (χ0v) is 6.60. The van der Waals surface area contributed by atoms with Crippen molar-refractivity contribution in [2.45, 2.75) is 32.6 Å². The minimum atomic E-state index is 0.242. The fraction of sp³-hybridized carbons (Fsp3) is 1.00. The summed E-state index contributed by atoms with van der Waals surface area (Å²) < 4.78 is 4.97. The van der Waals surface area contributed by atoms with Crippen molar-refractivity contribution in [3.05, 3.63) is 0 Å². The third-order valence-corrected chi connectivity index (χ3v) is 1.31. The predicted molar refractivity (Wildman–Crippen MR) is 39.9 cm³/mol. The molecule has 2 N–H and O–H groups in total. The average Bonchev–Trinajstić information content (AvgIpc) is 1.97. The van der Waals surface area contributed by atoms with Gasteiger partial charge in [-0.15, -0.1) is 0 Å². The van der Waals surface area contributed by atoms with Gasteiger partial charge >= 0.3 is 0 Å². The van der Waals surface area contributed by atoms with E-state index in [9.17, 15) is 0 Å². The van der Waals surface area contributed by atoms with Crippen LogP contribution in [0.25, 0.3) is 0 Å². The third-order valence-electron chi connectivity index (χ3n) is 1.31. The van der Waals surface area contributed by atoms with Gasteiger partial charge in [-0.25, -0.2) is 0 Å². The van der Waals surface area contributed by atoms with Crippen molar-refractivity contribution in [2.75, 3.05) is 13.3 Å². The zero-order chi connectivity index (χ0) is 7.66. The van der Waals surface area contributed by atoms with Crippen molar-refractivity contribution in [1.29, 1.82) is 0 Å². The Hall–Kier alpha value is -0.120. The maximum atomic E-state index is 8.09. The van der Waals surface area contributed by atoms with E-state index in [4.69, 9.17) is 9.94 Å². The zero-order valence-electron chi connectivity index (χ0n) is 6.60. The normalized spacial score (nSPS) is 10.2. The molecule has 0 spiro atoms. The number of unbranched alkanes of at least 4 members (excludes halogenated alkanes) is 3. The number of nitrogens with one attached hydrogen (secondary N) is 1. The highest BCUT2D eigenvalue weighted by Crippen LogP contribution is 1.97. The summed E-state index contributed by atoms with van der Waals surface area (Å²) in [7, 11) is 0. The number of hydroxylamine groups is 1. The molecule has 0 atom stereocenters. The lowest BCUT2D eigenvalue weighted by Gasteiger charge is -2.00. The minimum Gasteiger partial charge on any atom is -0.364 e. The van der Waals surface area contributed by atoms with Crippen LogP contribution in [0, 0.1) is 0 Å². The second-order valence-electron chi connectivity index (χ2n) is 2.27. The van der Waals surface area contributed by atoms with Gasteiger partial charge in [-0.3, -0.25) is 0 Å². The Kier molecular flexibility index (Phi) is 8.77. The molecule has 0 amide bonds. The van der Waals surface area contributed by atoms with E-state index in [0.29, 0.717) is 0 Å². The van der Waals surface area contributed by atoms with E-state index in [1.54, 1.807) is 0 Å². The SMILES string of the molecule is CCCCCCOCNO. The number of rotatable bonds is 7. The lowest BCUT2D eigenvalue weighted by Crippen LogP contribution is -2.12. The molecule has 0 saturated carbocycles. The largest absolute Gasteiger partial charge is 0.364 e. The lowest BCUT2D eigenvalue weighted by molar-refractivity contribution is 0.0218. The third kappa shape index (κ3) is 7.88. The van der Waals surface area contributed by atoms with Gasteiger partial charge < -0.3 is 9.94 Å². The molecular weight excluding hydrogens is 130 g/mol. The predicted octanol–water partition coefficient (Wildman–Crippen LogP) is 1.52. The summed E-state index contributed by atoms with van der Waals surface area (Å²) in [6, 6.07) is 0. The molecular formula is C7H17NO2. The first-order chi connectivity index (χ1) is 4.91. The second-order valence-corrected chi connectivity index (χ2v) is 2.27. The van der Waals surface area contributed by atoms with Gasteiger partial charge in [-0.05, 0) is 6.42 Å². The fourth-order valence-electron chi connectivity index (χ4n) is 0.749. The van der Waals surface area contributed by atoms with Crippen molar-refractivity contribution in [1.82, 2.24) is 5.48 Å². The number of hydrogen-bond donors (Lipinski definition) is 2. The van der Waals surface area contributed by atoms with E-state index < -0.39 is 0 Å². The lowest BCUT2D eigenvalue weighted by atomic mass is 10.2. The Bertz CT molecular complexity index is 51.6. The molecule has 0 heterocycles. The summed E-state index contributed by atoms with van der Waals surface area (Å²) in [5.74, 6) is 0. The molecule has 0 aromatic heterocycles. The van der Waals surface area contributed by atoms with Crippen LogP contribution in [0.15, 0.2) is 0 Å². The highest BCUT2D eigenvalue weighted by atomic mass is 16.6. The summed E-state index contributed by atoms with van der Waals surface area (Å²) in [5, 5.41) is 8.09. The first kappa shape index (κ1) is 9.88. The molecule has 3 heteroatoms. The van der Waals surface area contributed by atoms with Crippen molar-refractivity contribution in [3.8, 4) is 0 Å². The van der Waals surface area contributed by atoms with Crippen molar-refractivity contribution in [3.63, 3.8) is 0 Å². The molecule has 10 heavy (non-hydrogen) atoms. The van der Waals surface area contributed by atoms with Crippen LogP contribution in [-0.4, -0.2) is 18.5 Å². The maximum absolute atomic E-state index is 8.09. The molecule has 0 unspecified atom stereocenters. The van der Waals surface area contributed by atoms with Crippen LogP contribution >= 0.6 is 0 Å². The van der Waals surface area contributed by atoms with E-state index in [1.807, 2.05) is 5.48 Å². The number of ether oxygens (including phenoxy) is 1. The first-order valence-corrected chi connectivity index (χ1v) is 3.86. The Labute approximate surface area is 62.3 Å². The van der Waals surface area contributed by atoms with Gasteiger partial charge in [0.05, 0.1) is 0 Å². The molecule has 0 aromatic rings. The van der Waals surface area contributed by atoms with Crippen LogP contribution in [0.3, 0.4) is 0 Å². The molecule has 0 saturated heterocycles. The molecule has 0 fully saturated rings. The molecule has 0 bridgehead atoms. The van der Waals surface area contributed by atoms with Gasteiger partial charge in [0.2, 0.25) is 0 Å². The average molecular weight is 147 g/mol. The van der Waals surface area contributed by atoms with Gasteiger partial charge in [0.1, 0.15) is 6.73 Å². The molecule has 0 aliphatic rings. The van der Waals surface area contributed by atoms with Crippen LogP contribution in [-0.2, 0) is 4.74 Å². The fourth-order valence-corrected chi connectivity index (χ4v) is 0.749. The Balaban J connectivity index is 2.65. The Morgan fingerprint density at radius 1 is 1.30 bits per heavy atom. The molecule has 3 nitrogen and oxygen atoms in total. The van der Waals surface area contributed by atoms with Gasteiger partial charge in [-0.2, -0.15) is 5.48 Å². The summed E-state index contributed by atoms with van der Waals surface area (Å²) in [6.45, 7) is 3.16. The molecule has 0 radical (unpaired) electrons. The van der Waals surface area contributed by atoms with Crippen molar-refractivity contribution >= 4 is 0 Å². The van der Waals surface area contributed by atoms with Crippen LogP contribution in [0.5, 0.6) is 0 Å². The van der Waals surface area contributed by atoms with E-state index in [0.717, 1.165) is 13.0 Å². The molecule has 0 rings (SSSR count). The van der Waals surface area contributed by atoms with E-state index in [1.165, 1.54) is 19.3 Å². The highest BCUT2D eigenvalue weighted by Gasteiger charge is 1.86. The maximum Gasteiger partial charge on any atom is 0.119 e. The van der Waals surface area contributed by atoms with E-state index in [2.05, 4.69) is 6.92 Å². The summed E-state index contributed by atoms with van der Waals surface area (Å²) in [4.78, 5) is 0. The van der Waals surface area contributed by atoms with Crippen molar-refractivity contribution in [2.24, 2.45) is 0 Å². The molecule has 0 aromatic carbocycles. The molecule has 0 aliphatic carbocycles. The molecule has 0 aliphatic heterocycles. The van der Waals surface area contributed by atoms with Crippen LogP contribution in [0.2, 0.25) is 0 Å². The van der Waals surface area contributed by atoms with Crippen LogP contribution in [0.4, 0.5) is 0 Å². The summed E-state index contributed by atoms with van der Waals surface area (Å²) in [6.07, 6.45) is 4.84. The quantitative estimate of drug-likeness (QED) is 0.326. The monoisotopic (exact) mass is 147 g/mol. The Morgan fingerprint density at radius 2 is 2.10 bits per heavy atom. The van der Waals surface area contributed by atoms with Crippen molar-refractivity contribution < 1.29 is 9.94 Å². The Morgan fingerprint density at radius 3 is 2.70 bits per heavy atom. The van der Waals surface area contributed by atoms with Gasteiger partial charge in [0, 0.05) is 6.61 Å². The summed E-state index contributed by atoms with van der Waals surface area (Å²) >= 11 is 0. The standard InChI is InChI=1S/C7H17NO2/c1-2-3-4-5-6-10-7-8-9/h8-9H,2-7H2,1H3. The molecule has 62 valence electrons. The van der Waals surface area contributed by atoms with Crippen LogP contribution < -0.4 is 5.48 Å². The van der Waals surface area contributed by atoms with Crippen LogP contribution in [0.1, 0.15) is 32.6 Å². The van der Waals surface area contributed by atoms with Gasteiger partial charge in [0.15, 0.2) is 0 Å². The van der Waals surface area contributed by atoms with Gasteiger partial charge in [0.25, 0.3) is 0 Å².